The first kappa shape index (κ1) is 12.8. The summed E-state index contributed by atoms with van der Waals surface area (Å²) in [6, 6.07) is 5.50. The summed E-state index contributed by atoms with van der Waals surface area (Å²) in [6.07, 6.45) is 2.23. The smallest absolute Gasteiger partial charge is 0.225 e. The molecule has 0 aromatic heterocycles. The molecular formula is C13H16ClN3O. The summed E-state index contributed by atoms with van der Waals surface area (Å²) in [4.78, 5) is 13.5. The van der Waals surface area contributed by atoms with E-state index < -0.39 is 0 Å². The van der Waals surface area contributed by atoms with Crippen molar-refractivity contribution in [1.29, 1.82) is 0 Å². The van der Waals surface area contributed by atoms with E-state index in [1.165, 1.54) is 0 Å². The van der Waals surface area contributed by atoms with Crippen LogP contribution in [-0.4, -0.2) is 29.9 Å². The van der Waals surface area contributed by atoms with E-state index >= 15 is 0 Å². The Balaban J connectivity index is 2.00. The summed E-state index contributed by atoms with van der Waals surface area (Å²) in [5.74, 6) is 0.147. The fourth-order valence-electron chi connectivity index (χ4n) is 2.05. The van der Waals surface area contributed by atoms with Gasteiger partial charge in [-0.05, 0) is 18.2 Å². The molecule has 0 bridgehead atoms. The predicted molar refractivity (Wildman–Crippen MR) is 74.7 cm³/mol. The second kappa shape index (κ2) is 5.31. The number of hydrogen-bond acceptors (Lipinski definition) is 3. The quantitative estimate of drug-likeness (QED) is 0.648. The first-order valence-corrected chi connectivity index (χ1v) is 6.18. The minimum atomic E-state index is 0.108. The highest BCUT2D eigenvalue weighted by molar-refractivity contribution is 6.33. The Morgan fingerprint density at radius 1 is 1.61 bits per heavy atom. The second-order valence-electron chi connectivity index (χ2n) is 4.37. The Bertz CT molecular complexity index is 475. The zero-order valence-electron chi connectivity index (χ0n) is 10.0. The van der Waals surface area contributed by atoms with Gasteiger partial charge in [-0.1, -0.05) is 17.7 Å². The summed E-state index contributed by atoms with van der Waals surface area (Å²) in [6.45, 7) is 4.93. The maximum atomic E-state index is 11.7. The second-order valence-corrected chi connectivity index (χ2v) is 4.78. The zero-order valence-corrected chi connectivity index (χ0v) is 10.8. The molecule has 18 heavy (non-hydrogen) atoms. The molecule has 5 heteroatoms. The summed E-state index contributed by atoms with van der Waals surface area (Å²) < 4.78 is 0. The molecule has 1 amide bonds. The van der Waals surface area contributed by atoms with Crippen molar-refractivity contribution >= 4 is 28.9 Å². The van der Waals surface area contributed by atoms with Crippen LogP contribution in [0.15, 0.2) is 30.9 Å². The number of nitrogens with two attached hydrogens (primary N) is 1. The predicted octanol–water partition coefficient (Wildman–Crippen LogP) is 2.12. The average Bonchev–Trinajstić information content (AvgIpc) is 2.65. The molecule has 4 nitrogen and oxygen atoms in total. The monoisotopic (exact) mass is 265 g/mol. The average molecular weight is 266 g/mol. The fraction of sp³-hybridized carbons (Fsp3) is 0.308. The first-order valence-electron chi connectivity index (χ1n) is 5.80. The topological polar surface area (TPSA) is 58.4 Å². The summed E-state index contributed by atoms with van der Waals surface area (Å²) in [5, 5.41) is 3.81. The highest BCUT2D eigenvalue weighted by Crippen LogP contribution is 2.24. The van der Waals surface area contributed by atoms with E-state index in [1.807, 2.05) is 6.07 Å². The maximum Gasteiger partial charge on any atom is 0.225 e. The third kappa shape index (κ3) is 2.76. The van der Waals surface area contributed by atoms with Gasteiger partial charge < -0.3 is 16.0 Å². The molecule has 0 spiro atoms. The number of benzene rings is 1. The molecule has 1 atom stereocenters. The number of amides is 1. The molecule has 0 radical (unpaired) electrons. The molecule has 0 unspecified atom stereocenters. The van der Waals surface area contributed by atoms with Gasteiger partial charge in [-0.2, -0.15) is 0 Å². The lowest BCUT2D eigenvalue weighted by Gasteiger charge is -2.16. The highest BCUT2D eigenvalue weighted by atomic mass is 35.5. The van der Waals surface area contributed by atoms with Crippen LogP contribution in [0, 0.1) is 0 Å². The Hall–Kier alpha value is -1.68. The maximum absolute atomic E-state index is 11.7. The van der Waals surface area contributed by atoms with Crippen molar-refractivity contribution in [2.24, 2.45) is 0 Å². The normalized spacial score (nSPS) is 19.1. The van der Waals surface area contributed by atoms with Gasteiger partial charge >= 0.3 is 0 Å². The van der Waals surface area contributed by atoms with E-state index in [2.05, 4.69) is 11.9 Å². The minimum Gasteiger partial charge on any atom is -0.398 e. The largest absolute Gasteiger partial charge is 0.398 e. The van der Waals surface area contributed by atoms with Crippen LogP contribution in [0.4, 0.5) is 11.4 Å². The molecule has 1 fully saturated rings. The molecule has 96 valence electrons. The number of hydrogen-bond donors (Lipinski definition) is 2. The molecule has 1 aromatic carbocycles. The van der Waals surface area contributed by atoms with Crippen LogP contribution in [0.3, 0.4) is 0 Å². The molecular weight excluding hydrogens is 250 g/mol. The first-order chi connectivity index (χ1) is 8.60. The Morgan fingerprint density at radius 2 is 2.39 bits per heavy atom. The number of carbonyl (C=O) groups is 1. The van der Waals surface area contributed by atoms with Gasteiger partial charge in [0.15, 0.2) is 0 Å². The number of halogens is 1. The summed E-state index contributed by atoms with van der Waals surface area (Å²) in [7, 11) is 0. The molecule has 1 heterocycles. The lowest BCUT2D eigenvalue weighted by Crippen LogP contribution is -2.27. The molecule has 1 aromatic rings. The summed E-state index contributed by atoms with van der Waals surface area (Å²) >= 11 is 5.95. The third-order valence-electron chi connectivity index (χ3n) is 2.94. The number of rotatable bonds is 4. The van der Waals surface area contributed by atoms with Crippen molar-refractivity contribution < 1.29 is 4.79 Å². The number of nitrogen functional groups attached to an aromatic ring is 1. The summed E-state index contributed by atoms with van der Waals surface area (Å²) in [5.41, 5.74) is 7.08. The van der Waals surface area contributed by atoms with Gasteiger partial charge in [0.05, 0.1) is 16.8 Å². The van der Waals surface area contributed by atoms with Crippen molar-refractivity contribution in [2.75, 3.05) is 24.1 Å². The highest BCUT2D eigenvalue weighted by Gasteiger charge is 2.28. The van der Waals surface area contributed by atoms with Gasteiger partial charge in [-0.15, -0.1) is 6.58 Å². The SMILES string of the molecule is C=CCN1C[C@@H](Nc2ccc(N)c(Cl)c2)CC1=O. The van der Waals surface area contributed by atoms with E-state index in [4.69, 9.17) is 17.3 Å². The van der Waals surface area contributed by atoms with Gasteiger partial charge in [0.2, 0.25) is 5.91 Å². The van der Waals surface area contributed by atoms with Crippen LogP contribution in [0.5, 0.6) is 0 Å². The molecule has 1 aliphatic rings. The van der Waals surface area contributed by atoms with Crippen LogP contribution in [-0.2, 0) is 4.79 Å². The molecule has 1 aliphatic heterocycles. The van der Waals surface area contributed by atoms with Crippen molar-refractivity contribution in [3.8, 4) is 0 Å². The van der Waals surface area contributed by atoms with Crippen LogP contribution >= 0.6 is 11.6 Å². The van der Waals surface area contributed by atoms with E-state index in [0.717, 1.165) is 5.69 Å². The van der Waals surface area contributed by atoms with E-state index in [-0.39, 0.29) is 11.9 Å². The minimum absolute atomic E-state index is 0.108. The van der Waals surface area contributed by atoms with E-state index in [1.54, 1.807) is 23.1 Å². The van der Waals surface area contributed by atoms with Gasteiger partial charge in [-0.25, -0.2) is 0 Å². The fourth-order valence-corrected chi connectivity index (χ4v) is 2.23. The lowest BCUT2D eigenvalue weighted by atomic mass is 10.2. The van der Waals surface area contributed by atoms with Crippen molar-refractivity contribution in [3.05, 3.63) is 35.9 Å². The Kier molecular flexibility index (Phi) is 3.77. The molecule has 1 saturated heterocycles. The zero-order chi connectivity index (χ0) is 13.1. The molecule has 0 aliphatic carbocycles. The Morgan fingerprint density at radius 3 is 3.06 bits per heavy atom. The lowest BCUT2D eigenvalue weighted by molar-refractivity contribution is -0.127. The number of nitrogens with one attached hydrogen (secondary N) is 1. The molecule has 2 rings (SSSR count). The van der Waals surface area contributed by atoms with E-state index in [0.29, 0.717) is 30.2 Å². The van der Waals surface area contributed by atoms with Gasteiger partial charge in [-0.3, -0.25) is 4.79 Å². The number of likely N-dealkylation sites (tertiary alicyclic amines) is 1. The molecule has 3 N–H and O–H groups in total. The molecule has 0 saturated carbocycles. The van der Waals surface area contributed by atoms with Gasteiger partial charge in [0, 0.05) is 25.2 Å². The number of carbonyl (C=O) groups excluding carboxylic acids is 1. The van der Waals surface area contributed by atoms with Crippen molar-refractivity contribution in [1.82, 2.24) is 4.90 Å². The number of nitrogens with zero attached hydrogens (tertiary/aromatic N) is 1. The number of anilines is 2. The third-order valence-corrected chi connectivity index (χ3v) is 3.26. The van der Waals surface area contributed by atoms with Crippen molar-refractivity contribution in [2.45, 2.75) is 12.5 Å². The van der Waals surface area contributed by atoms with Gasteiger partial charge in [0.25, 0.3) is 0 Å². The van der Waals surface area contributed by atoms with Crippen LogP contribution in [0.2, 0.25) is 5.02 Å². The van der Waals surface area contributed by atoms with Crippen LogP contribution in [0.25, 0.3) is 0 Å². The standard InChI is InChI=1S/C13H16ClN3O/c1-2-5-17-8-10(7-13(17)18)16-9-3-4-12(15)11(14)6-9/h2-4,6,10,16H,1,5,7-8,15H2/t10-/m0/s1. The Labute approximate surface area is 111 Å². The van der Waals surface area contributed by atoms with E-state index in [9.17, 15) is 4.79 Å². The van der Waals surface area contributed by atoms with Crippen LogP contribution < -0.4 is 11.1 Å². The van der Waals surface area contributed by atoms with Gasteiger partial charge in [0.1, 0.15) is 0 Å². The van der Waals surface area contributed by atoms with Crippen LogP contribution in [0.1, 0.15) is 6.42 Å². The van der Waals surface area contributed by atoms with Crippen molar-refractivity contribution in [3.63, 3.8) is 0 Å².